The zero-order valence-electron chi connectivity index (χ0n) is 8.68. The Hall–Kier alpha value is -0.0400. The molecule has 0 saturated heterocycles. The van der Waals surface area contributed by atoms with Crippen molar-refractivity contribution in [2.45, 2.75) is 52.6 Å². The molecule has 0 N–H and O–H groups in total. The summed E-state index contributed by atoms with van der Waals surface area (Å²) in [7, 11) is 0. The summed E-state index contributed by atoms with van der Waals surface area (Å²) in [6, 6.07) is 0. The number of rotatable bonds is 3. The van der Waals surface area contributed by atoms with Crippen LogP contribution in [0.25, 0.3) is 0 Å². The molecule has 1 aliphatic carbocycles. The van der Waals surface area contributed by atoms with Crippen molar-refractivity contribution in [3.63, 3.8) is 0 Å². The molecule has 0 amide bonds. The lowest BCUT2D eigenvalue weighted by Gasteiger charge is -2.29. The molecule has 0 bridgehead atoms. The van der Waals surface area contributed by atoms with E-state index in [1.54, 1.807) is 0 Å². The fourth-order valence-corrected chi connectivity index (χ4v) is 1.96. The maximum atomic E-state index is 5.65. The van der Waals surface area contributed by atoms with Gasteiger partial charge in [0, 0.05) is 6.61 Å². The smallest absolute Gasteiger partial charge is 0.0519 e. The van der Waals surface area contributed by atoms with Gasteiger partial charge < -0.3 is 4.74 Å². The van der Waals surface area contributed by atoms with Gasteiger partial charge in [-0.15, -0.1) is 0 Å². The monoisotopic (exact) mass is 170 g/mol. The van der Waals surface area contributed by atoms with E-state index in [0.717, 1.165) is 18.4 Å². The molecule has 0 spiro atoms. The van der Waals surface area contributed by atoms with Crippen LogP contribution in [0.3, 0.4) is 0 Å². The number of hydrogen-bond donors (Lipinski definition) is 0. The molecule has 12 heavy (non-hydrogen) atoms. The zero-order chi connectivity index (χ0) is 8.97. The molecule has 1 heteroatoms. The van der Waals surface area contributed by atoms with Crippen LogP contribution in [0.1, 0.15) is 46.5 Å². The van der Waals surface area contributed by atoms with Gasteiger partial charge in [-0.1, -0.05) is 26.2 Å². The van der Waals surface area contributed by atoms with Crippen LogP contribution in [-0.4, -0.2) is 12.7 Å². The second-order valence-electron chi connectivity index (χ2n) is 4.40. The van der Waals surface area contributed by atoms with Crippen molar-refractivity contribution in [2.24, 2.45) is 11.8 Å². The Labute approximate surface area is 76.5 Å². The van der Waals surface area contributed by atoms with Crippen LogP contribution >= 0.6 is 0 Å². The lowest BCUT2D eigenvalue weighted by atomic mass is 9.81. The molecular formula is C11H22O. The lowest BCUT2D eigenvalue weighted by Crippen LogP contribution is -2.23. The first-order chi connectivity index (χ1) is 5.70. The topological polar surface area (TPSA) is 9.23 Å². The molecule has 1 rings (SSSR count). The number of ether oxygens (including phenoxy) is 1. The van der Waals surface area contributed by atoms with Crippen LogP contribution in [0.5, 0.6) is 0 Å². The molecule has 1 aliphatic rings. The highest BCUT2D eigenvalue weighted by molar-refractivity contribution is 4.71. The van der Waals surface area contributed by atoms with Gasteiger partial charge in [0.2, 0.25) is 0 Å². The first kappa shape index (κ1) is 10.0. The molecule has 0 radical (unpaired) electrons. The summed E-state index contributed by atoms with van der Waals surface area (Å²) in [4.78, 5) is 0. The van der Waals surface area contributed by atoms with Crippen molar-refractivity contribution in [1.82, 2.24) is 0 Å². The molecule has 1 nitrogen and oxygen atoms in total. The maximum Gasteiger partial charge on any atom is 0.0519 e. The highest BCUT2D eigenvalue weighted by atomic mass is 16.5. The Kier molecular flexibility index (Phi) is 4.07. The quantitative estimate of drug-likeness (QED) is 0.632. The Morgan fingerprint density at radius 3 is 2.50 bits per heavy atom. The molecule has 72 valence electrons. The molecule has 0 heterocycles. The second-order valence-corrected chi connectivity index (χ2v) is 4.40. The van der Waals surface area contributed by atoms with Crippen LogP contribution in [0.4, 0.5) is 0 Å². The van der Waals surface area contributed by atoms with E-state index in [1.165, 1.54) is 25.7 Å². The van der Waals surface area contributed by atoms with E-state index in [9.17, 15) is 0 Å². The van der Waals surface area contributed by atoms with Crippen molar-refractivity contribution in [3.05, 3.63) is 0 Å². The minimum absolute atomic E-state index is 0.402. The predicted octanol–water partition coefficient (Wildman–Crippen LogP) is 3.24. The van der Waals surface area contributed by atoms with Gasteiger partial charge in [-0.2, -0.15) is 0 Å². The molecule has 0 aromatic carbocycles. The standard InChI is InChI=1S/C11H22O/c1-9(2)12-8-11-7-5-4-6-10(11)3/h9-11H,4-8H2,1-3H3/t10-,11?/m1/s1. The van der Waals surface area contributed by atoms with Gasteiger partial charge in [-0.3, -0.25) is 0 Å². The van der Waals surface area contributed by atoms with Crippen LogP contribution in [0.15, 0.2) is 0 Å². The van der Waals surface area contributed by atoms with Crippen molar-refractivity contribution >= 4 is 0 Å². The normalized spacial score (nSPS) is 31.0. The molecule has 1 saturated carbocycles. The zero-order valence-corrected chi connectivity index (χ0v) is 8.68. The van der Waals surface area contributed by atoms with Crippen molar-refractivity contribution in [3.8, 4) is 0 Å². The van der Waals surface area contributed by atoms with E-state index in [4.69, 9.17) is 4.74 Å². The summed E-state index contributed by atoms with van der Waals surface area (Å²) in [6.45, 7) is 7.59. The highest BCUT2D eigenvalue weighted by Gasteiger charge is 2.21. The summed E-state index contributed by atoms with van der Waals surface area (Å²) >= 11 is 0. The minimum Gasteiger partial charge on any atom is -0.378 e. The molecule has 0 aromatic rings. The van der Waals surface area contributed by atoms with Crippen molar-refractivity contribution in [2.75, 3.05) is 6.61 Å². The van der Waals surface area contributed by atoms with Crippen LogP contribution in [0, 0.1) is 11.8 Å². The van der Waals surface area contributed by atoms with Crippen molar-refractivity contribution < 1.29 is 4.74 Å². The lowest BCUT2D eigenvalue weighted by molar-refractivity contribution is 0.0256. The summed E-state index contributed by atoms with van der Waals surface area (Å²) < 4.78 is 5.65. The Bertz CT molecular complexity index is 120. The van der Waals surface area contributed by atoms with Crippen LogP contribution < -0.4 is 0 Å². The van der Waals surface area contributed by atoms with E-state index in [1.807, 2.05) is 0 Å². The van der Waals surface area contributed by atoms with E-state index in [0.29, 0.717) is 6.10 Å². The van der Waals surface area contributed by atoms with Gasteiger partial charge in [0.1, 0.15) is 0 Å². The summed E-state index contributed by atoms with van der Waals surface area (Å²) in [6.07, 6.45) is 6.04. The SMILES string of the molecule is CC(C)OCC1CCCC[C@H]1C. The number of hydrogen-bond acceptors (Lipinski definition) is 1. The molecule has 1 fully saturated rings. The van der Waals surface area contributed by atoms with E-state index >= 15 is 0 Å². The predicted molar refractivity (Wildman–Crippen MR) is 52.2 cm³/mol. The van der Waals surface area contributed by atoms with E-state index in [-0.39, 0.29) is 0 Å². The van der Waals surface area contributed by atoms with Crippen LogP contribution in [-0.2, 0) is 4.74 Å². The Morgan fingerprint density at radius 1 is 1.25 bits per heavy atom. The van der Waals surface area contributed by atoms with Gasteiger partial charge in [0.25, 0.3) is 0 Å². The molecule has 1 unspecified atom stereocenters. The Balaban J connectivity index is 2.20. The average molecular weight is 170 g/mol. The van der Waals surface area contributed by atoms with Crippen LogP contribution in [0.2, 0.25) is 0 Å². The summed E-state index contributed by atoms with van der Waals surface area (Å²) in [5.41, 5.74) is 0. The van der Waals surface area contributed by atoms with E-state index < -0.39 is 0 Å². The largest absolute Gasteiger partial charge is 0.378 e. The van der Waals surface area contributed by atoms with Gasteiger partial charge in [0.15, 0.2) is 0 Å². The minimum atomic E-state index is 0.402. The molecule has 2 atom stereocenters. The summed E-state index contributed by atoms with van der Waals surface area (Å²) in [5, 5.41) is 0. The first-order valence-corrected chi connectivity index (χ1v) is 5.31. The fourth-order valence-electron chi connectivity index (χ4n) is 1.96. The fraction of sp³-hybridized carbons (Fsp3) is 1.00. The third kappa shape index (κ3) is 3.14. The molecule has 0 aromatic heterocycles. The molecule has 0 aliphatic heterocycles. The first-order valence-electron chi connectivity index (χ1n) is 5.31. The van der Waals surface area contributed by atoms with Gasteiger partial charge in [-0.25, -0.2) is 0 Å². The van der Waals surface area contributed by atoms with E-state index in [2.05, 4.69) is 20.8 Å². The van der Waals surface area contributed by atoms with Crippen molar-refractivity contribution in [1.29, 1.82) is 0 Å². The van der Waals surface area contributed by atoms with Gasteiger partial charge in [0.05, 0.1) is 6.10 Å². The Morgan fingerprint density at radius 2 is 1.92 bits per heavy atom. The molecular weight excluding hydrogens is 148 g/mol. The maximum absolute atomic E-state index is 5.65. The van der Waals surface area contributed by atoms with Gasteiger partial charge in [-0.05, 0) is 32.1 Å². The summed E-state index contributed by atoms with van der Waals surface area (Å²) in [5.74, 6) is 1.72. The average Bonchev–Trinajstić information content (AvgIpc) is 2.03. The highest BCUT2D eigenvalue weighted by Crippen LogP contribution is 2.29. The third-order valence-corrected chi connectivity index (χ3v) is 2.93. The van der Waals surface area contributed by atoms with Gasteiger partial charge >= 0.3 is 0 Å². The second kappa shape index (κ2) is 4.86. The third-order valence-electron chi connectivity index (χ3n) is 2.93.